The highest BCUT2D eigenvalue weighted by Gasteiger charge is 2.31. The maximum Gasteiger partial charge on any atom is 0.270 e. The number of anilines is 1. The second kappa shape index (κ2) is 8.64. The Morgan fingerprint density at radius 3 is 2.55 bits per heavy atom. The third-order valence-electron chi connectivity index (χ3n) is 4.77. The molecule has 148 valence electrons. The Bertz CT molecular complexity index is 1110. The van der Waals surface area contributed by atoms with Crippen LogP contribution in [0, 0.1) is 18.3 Å². The topological polar surface area (TPSA) is 78.1 Å². The van der Waals surface area contributed by atoms with E-state index < -0.39 is 0 Å². The molecule has 0 saturated carbocycles. The van der Waals surface area contributed by atoms with Crippen molar-refractivity contribution >= 4 is 46.1 Å². The van der Waals surface area contributed by atoms with Crippen molar-refractivity contribution < 1.29 is 4.79 Å². The summed E-state index contributed by atoms with van der Waals surface area (Å²) in [7, 11) is 1.62. The summed E-state index contributed by atoms with van der Waals surface area (Å²) in [4.78, 5) is 27.3. The van der Waals surface area contributed by atoms with Crippen molar-refractivity contribution in [1.29, 1.82) is 5.26 Å². The lowest BCUT2D eigenvalue weighted by atomic mass is 10.0. The summed E-state index contributed by atoms with van der Waals surface area (Å²) in [6.07, 6.45) is 1.72. The molecule has 1 N–H and O–H groups in total. The Kier molecular flexibility index (Phi) is 6.20. The van der Waals surface area contributed by atoms with Crippen LogP contribution in [0.5, 0.6) is 0 Å². The number of thiocarbonyl (C=S) groups is 1. The number of likely N-dealkylation sites (N-methyl/N-ethyl adjacent to an activating group) is 1. The maximum absolute atomic E-state index is 12.7. The molecule has 29 heavy (non-hydrogen) atoms. The second-order valence-electron chi connectivity index (χ2n) is 6.50. The van der Waals surface area contributed by atoms with Crippen LogP contribution in [0.2, 0.25) is 0 Å². The van der Waals surface area contributed by atoms with E-state index in [0.29, 0.717) is 39.3 Å². The minimum absolute atomic E-state index is 0.0648. The van der Waals surface area contributed by atoms with Crippen molar-refractivity contribution in [3.8, 4) is 6.07 Å². The van der Waals surface area contributed by atoms with Gasteiger partial charge < -0.3 is 5.32 Å². The monoisotopic (exact) mass is 424 g/mol. The van der Waals surface area contributed by atoms with Gasteiger partial charge in [0.2, 0.25) is 0 Å². The summed E-state index contributed by atoms with van der Waals surface area (Å²) in [5.74, 6) is 0.389. The molecule has 0 spiro atoms. The predicted molar refractivity (Wildman–Crippen MR) is 120 cm³/mol. The van der Waals surface area contributed by atoms with Gasteiger partial charge in [-0.1, -0.05) is 54.3 Å². The van der Waals surface area contributed by atoms with Crippen LogP contribution < -0.4 is 10.9 Å². The van der Waals surface area contributed by atoms with Crippen molar-refractivity contribution in [3.05, 3.63) is 67.8 Å². The minimum atomic E-state index is -0.376. The van der Waals surface area contributed by atoms with E-state index in [9.17, 15) is 14.9 Å². The summed E-state index contributed by atoms with van der Waals surface area (Å²) in [5.41, 5.74) is 1.91. The number of hydrogen-bond donors (Lipinski definition) is 1. The molecule has 1 saturated heterocycles. The number of amides is 1. The average Bonchev–Trinajstić information content (AvgIpc) is 2.99. The first-order chi connectivity index (χ1) is 13.9. The first-order valence-corrected chi connectivity index (χ1v) is 10.3. The Hall–Kier alpha value is -2.89. The number of aromatic nitrogens is 1. The van der Waals surface area contributed by atoms with Gasteiger partial charge in [0, 0.05) is 25.7 Å². The second-order valence-corrected chi connectivity index (χ2v) is 8.18. The molecule has 0 bridgehead atoms. The molecule has 2 aromatic rings. The highest BCUT2D eigenvalue weighted by atomic mass is 32.2. The van der Waals surface area contributed by atoms with Crippen LogP contribution in [0.3, 0.4) is 0 Å². The number of hydrogen-bond acceptors (Lipinski definition) is 6. The average molecular weight is 425 g/mol. The molecular weight excluding hydrogens is 404 g/mol. The van der Waals surface area contributed by atoms with Crippen LogP contribution in [0.25, 0.3) is 6.08 Å². The van der Waals surface area contributed by atoms with E-state index in [0.717, 1.165) is 5.56 Å². The summed E-state index contributed by atoms with van der Waals surface area (Å²) in [6.45, 7) is 4.58. The van der Waals surface area contributed by atoms with E-state index in [1.807, 2.05) is 43.3 Å². The Labute approximate surface area is 178 Å². The molecule has 2 heterocycles. The molecule has 0 aliphatic carbocycles. The highest BCUT2D eigenvalue weighted by Crippen LogP contribution is 2.34. The van der Waals surface area contributed by atoms with Gasteiger partial charge in [-0.05, 0) is 31.1 Å². The van der Waals surface area contributed by atoms with Gasteiger partial charge in [0.1, 0.15) is 21.8 Å². The normalized spacial score (nSPS) is 15.1. The largest absolute Gasteiger partial charge is 0.367 e. The number of nitrogens with zero attached hydrogens (tertiary/aromatic N) is 3. The molecule has 1 fully saturated rings. The van der Waals surface area contributed by atoms with Crippen LogP contribution in [0.4, 0.5) is 5.82 Å². The standard InChI is InChI=1S/C21H20N4O2S2/c1-4-25-20(27)17(29-21(25)28)10-15-13(2)16(11-22)19(26)24(3)18(15)23-12-14-8-6-5-7-9-14/h5-10,23H,4,12H2,1-3H3. The SMILES string of the molecule is CCN1C(=O)C(=Cc2c(C)c(C#N)c(=O)n(C)c2NCc2ccccc2)SC1=S. The predicted octanol–water partition coefficient (Wildman–Crippen LogP) is 3.40. The van der Waals surface area contributed by atoms with Crippen molar-refractivity contribution in [1.82, 2.24) is 9.47 Å². The van der Waals surface area contributed by atoms with Gasteiger partial charge in [-0.15, -0.1) is 0 Å². The van der Waals surface area contributed by atoms with Crippen LogP contribution in [-0.4, -0.2) is 26.2 Å². The molecule has 8 heteroatoms. The zero-order valence-corrected chi connectivity index (χ0v) is 18.0. The van der Waals surface area contributed by atoms with Gasteiger partial charge in [-0.3, -0.25) is 19.1 Å². The Morgan fingerprint density at radius 1 is 1.28 bits per heavy atom. The molecule has 1 aliphatic heterocycles. The molecule has 1 aromatic carbocycles. The fourth-order valence-corrected chi connectivity index (χ4v) is 4.50. The lowest BCUT2D eigenvalue weighted by molar-refractivity contribution is -0.121. The number of pyridine rings is 1. The van der Waals surface area contributed by atoms with Gasteiger partial charge in [0.05, 0.1) is 4.91 Å². The Balaban J connectivity index is 2.12. The van der Waals surface area contributed by atoms with Crippen LogP contribution in [-0.2, 0) is 18.4 Å². The molecule has 1 aromatic heterocycles. The lowest BCUT2D eigenvalue weighted by Crippen LogP contribution is -2.27. The molecule has 6 nitrogen and oxygen atoms in total. The van der Waals surface area contributed by atoms with Crippen LogP contribution in [0.1, 0.15) is 29.2 Å². The third-order valence-corrected chi connectivity index (χ3v) is 6.15. The molecule has 1 aliphatic rings. The molecule has 0 atom stereocenters. The fraction of sp³-hybridized carbons (Fsp3) is 0.238. The third kappa shape index (κ3) is 3.97. The minimum Gasteiger partial charge on any atom is -0.367 e. The van der Waals surface area contributed by atoms with Gasteiger partial charge in [-0.25, -0.2) is 0 Å². The number of nitrogens with one attached hydrogen (secondary N) is 1. The highest BCUT2D eigenvalue weighted by molar-refractivity contribution is 8.26. The van der Waals surface area contributed by atoms with Crippen LogP contribution >= 0.6 is 24.0 Å². The van der Waals surface area contributed by atoms with Gasteiger partial charge in [-0.2, -0.15) is 5.26 Å². The number of rotatable bonds is 5. The number of carbonyl (C=O) groups is 1. The zero-order valence-electron chi connectivity index (χ0n) is 16.4. The Morgan fingerprint density at radius 2 is 1.97 bits per heavy atom. The quantitative estimate of drug-likeness (QED) is 0.586. The molecule has 0 unspecified atom stereocenters. The van der Waals surface area contributed by atoms with Gasteiger partial charge in [0.15, 0.2) is 0 Å². The van der Waals surface area contributed by atoms with Crippen molar-refractivity contribution in [2.75, 3.05) is 11.9 Å². The fourth-order valence-electron chi connectivity index (χ4n) is 3.13. The number of nitriles is 1. The van der Waals surface area contributed by atoms with E-state index in [1.165, 1.54) is 21.2 Å². The van der Waals surface area contributed by atoms with E-state index in [1.54, 1.807) is 20.0 Å². The summed E-state index contributed by atoms with van der Waals surface area (Å²) >= 11 is 6.52. The first-order valence-electron chi connectivity index (χ1n) is 9.05. The maximum atomic E-state index is 12.7. The molecule has 0 radical (unpaired) electrons. The number of benzene rings is 1. The summed E-state index contributed by atoms with van der Waals surface area (Å²) in [5, 5.41) is 12.8. The lowest BCUT2D eigenvalue weighted by Gasteiger charge is -2.18. The molecule has 1 amide bonds. The number of carbonyl (C=O) groups excluding carboxylic acids is 1. The van der Waals surface area contributed by atoms with E-state index >= 15 is 0 Å². The van der Waals surface area contributed by atoms with E-state index in [2.05, 4.69) is 5.32 Å². The summed E-state index contributed by atoms with van der Waals surface area (Å²) < 4.78 is 1.92. The van der Waals surface area contributed by atoms with Crippen molar-refractivity contribution in [2.24, 2.45) is 7.05 Å². The van der Waals surface area contributed by atoms with E-state index in [4.69, 9.17) is 12.2 Å². The van der Waals surface area contributed by atoms with Crippen molar-refractivity contribution in [2.45, 2.75) is 20.4 Å². The summed E-state index contributed by atoms with van der Waals surface area (Å²) in [6, 6.07) is 11.8. The first kappa shape index (κ1) is 20.8. The smallest absolute Gasteiger partial charge is 0.270 e. The van der Waals surface area contributed by atoms with Gasteiger partial charge in [0.25, 0.3) is 11.5 Å². The zero-order chi connectivity index (χ0) is 21.1. The van der Waals surface area contributed by atoms with Crippen LogP contribution in [0.15, 0.2) is 40.0 Å². The molecular formula is C21H20N4O2S2. The van der Waals surface area contributed by atoms with Gasteiger partial charge >= 0.3 is 0 Å². The number of thioether (sulfide) groups is 1. The van der Waals surface area contributed by atoms with E-state index in [-0.39, 0.29) is 17.0 Å². The molecule has 3 rings (SSSR count). The van der Waals surface area contributed by atoms with Crippen molar-refractivity contribution in [3.63, 3.8) is 0 Å².